The number of likely N-dealkylation sites (N-methyl/N-ethyl adjacent to an activating group) is 1. The van der Waals surface area contributed by atoms with Crippen molar-refractivity contribution in [2.24, 2.45) is 0 Å². The Hall–Kier alpha value is -2.15. The van der Waals surface area contributed by atoms with Gasteiger partial charge in [-0.25, -0.2) is 4.79 Å². The van der Waals surface area contributed by atoms with E-state index in [1.54, 1.807) is 6.07 Å². The maximum Gasteiger partial charge on any atom is 0.337 e. The van der Waals surface area contributed by atoms with Crippen LogP contribution in [0.4, 0.5) is 11.4 Å². The van der Waals surface area contributed by atoms with Crippen LogP contribution < -0.4 is 4.90 Å². The summed E-state index contributed by atoms with van der Waals surface area (Å²) in [5.41, 5.74) is 0.836. The number of rotatable bonds is 5. The Morgan fingerprint density at radius 3 is 2.86 bits per heavy atom. The van der Waals surface area contributed by atoms with Crippen LogP contribution in [-0.4, -0.2) is 55.6 Å². The highest BCUT2D eigenvalue weighted by molar-refractivity contribution is 5.91. The van der Waals surface area contributed by atoms with E-state index in [1.165, 1.54) is 19.2 Å². The van der Waals surface area contributed by atoms with Gasteiger partial charge in [0.2, 0.25) is 0 Å². The first kappa shape index (κ1) is 16.2. The zero-order valence-electron chi connectivity index (χ0n) is 13.1. The smallest absolute Gasteiger partial charge is 0.337 e. The molecule has 0 aromatic heterocycles. The zero-order chi connectivity index (χ0) is 16.3. The van der Waals surface area contributed by atoms with E-state index in [0.29, 0.717) is 17.3 Å². The molecule has 1 aliphatic rings. The van der Waals surface area contributed by atoms with Crippen molar-refractivity contribution in [1.29, 1.82) is 0 Å². The summed E-state index contributed by atoms with van der Waals surface area (Å²) in [6, 6.07) is 4.72. The van der Waals surface area contributed by atoms with Crippen LogP contribution in [0.5, 0.6) is 0 Å². The third kappa shape index (κ3) is 3.19. The molecule has 22 heavy (non-hydrogen) atoms. The normalized spacial score (nSPS) is 17.8. The van der Waals surface area contributed by atoms with Crippen molar-refractivity contribution >= 4 is 17.3 Å². The number of ether oxygens (including phenoxy) is 1. The predicted molar refractivity (Wildman–Crippen MR) is 83.4 cm³/mol. The van der Waals surface area contributed by atoms with Gasteiger partial charge in [0, 0.05) is 25.2 Å². The van der Waals surface area contributed by atoms with Crippen LogP contribution in [0.15, 0.2) is 18.2 Å². The molecular formula is C15H21N3O4. The Kier molecular flexibility index (Phi) is 4.97. The first-order valence-electron chi connectivity index (χ1n) is 7.29. The standard InChI is InChI=1S/C15H21N3O4/c1-4-16(2)12-7-8-17(10-12)14-9-11(15(19)22-3)5-6-13(14)18(20)21/h5-6,9,12H,4,7-8,10H2,1-3H3. The van der Waals surface area contributed by atoms with Crippen LogP contribution in [0.25, 0.3) is 0 Å². The number of carbonyl (C=O) groups is 1. The van der Waals surface area contributed by atoms with Crippen LogP contribution in [-0.2, 0) is 4.74 Å². The van der Waals surface area contributed by atoms with Gasteiger partial charge in [-0.15, -0.1) is 0 Å². The summed E-state index contributed by atoms with van der Waals surface area (Å²) in [5.74, 6) is -0.488. The van der Waals surface area contributed by atoms with E-state index in [4.69, 9.17) is 4.74 Å². The monoisotopic (exact) mass is 307 g/mol. The first-order chi connectivity index (χ1) is 10.5. The number of hydrogen-bond acceptors (Lipinski definition) is 6. The molecule has 7 heteroatoms. The topological polar surface area (TPSA) is 75.9 Å². The molecule has 1 saturated heterocycles. The van der Waals surface area contributed by atoms with E-state index in [1.807, 2.05) is 11.9 Å². The molecule has 1 unspecified atom stereocenters. The SMILES string of the molecule is CCN(C)C1CCN(c2cc(C(=O)OC)ccc2[N+](=O)[O-])C1. The Bertz CT molecular complexity index is 576. The van der Waals surface area contributed by atoms with E-state index in [2.05, 4.69) is 11.8 Å². The summed E-state index contributed by atoms with van der Waals surface area (Å²) in [4.78, 5) is 26.7. The van der Waals surface area contributed by atoms with E-state index < -0.39 is 10.9 Å². The Labute approximate surface area is 129 Å². The highest BCUT2D eigenvalue weighted by Gasteiger charge is 2.30. The minimum absolute atomic E-state index is 0.0208. The van der Waals surface area contributed by atoms with Crippen molar-refractivity contribution in [3.05, 3.63) is 33.9 Å². The molecule has 7 nitrogen and oxygen atoms in total. The molecule has 0 N–H and O–H groups in total. The molecule has 0 aliphatic carbocycles. The van der Waals surface area contributed by atoms with Gasteiger partial charge in [0.15, 0.2) is 0 Å². The average Bonchev–Trinajstić information content (AvgIpc) is 3.02. The van der Waals surface area contributed by atoms with Crippen LogP contribution in [0.1, 0.15) is 23.7 Å². The predicted octanol–water partition coefficient (Wildman–Crippen LogP) is 1.91. The van der Waals surface area contributed by atoms with Crippen LogP contribution in [0.3, 0.4) is 0 Å². The second kappa shape index (κ2) is 6.74. The van der Waals surface area contributed by atoms with E-state index >= 15 is 0 Å². The largest absolute Gasteiger partial charge is 0.465 e. The lowest BCUT2D eigenvalue weighted by Crippen LogP contribution is -2.34. The van der Waals surface area contributed by atoms with E-state index in [0.717, 1.165) is 26.1 Å². The number of anilines is 1. The van der Waals surface area contributed by atoms with Crippen molar-refractivity contribution in [3.8, 4) is 0 Å². The van der Waals surface area contributed by atoms with Crippen LogP contribution >= 0.6 is 0 Å². The molecule has 1 aromatic carbocycles. The highest BCUT2D eigenvalue weighted by atomic mass is 16.6. The van der Waals surface area contributed by atoms with Gasteiger partial charge >= 0.3 is 5.97 Å². The fourth-order valence-corrected chi connectivity index (χ4v) is 2.75. The lowest BCUT2D eigenvalue weighted by Gasteiger charge is -2.24. The van der Waals surface area contributed by atoms with Crippen molar-refractivity contribution < 1.29 is 14.5 Å². The molecular weight excluding hydrogens is 286 g/mol. The van der Waals surface area contributed by atoms with E-state index in [-0.39, 0.29) is 5.69 Å². The number of methoxy groups -OCH3 is 1. The van der Waals surface area contributed by atoms with Crippen molar-refractivity contribution in [2.45, 2.75) is 19.4 Å². The third-order valence-electron chi connectivity index (χ3n) is 4.22. The first-order valence-corrected chi connectivity index (χ1v) is 7.29. The summed E-state index contributed by atoms with van der Waals surface area (Å²) in [6.45, 7) is 4.47. The van der Waals surface area contributed by atoms with Gasteiger partial charge in [-0.05, 0) is 32.1 Å². The Balaban J connectivity index is 2.32. The summed E-state index contributed by atoms with van der Waals surface area (Å²) >= 11 is 0. The summed E-state index contributed by atoms with van der Waals surface area (Å²) in [7, 11) is 3.35. The second-order valence-electron chi connectivity index (χ2n) is 5.41. The summed E-state index contributed by atoms with van der Waals surface area (Å²) < 4.78 is 4.70. The number of nitro groups is 1. The fourth-order valence-electron chi connectivity index (χ4n) is 2.75. The minimum atomic E-state index is -0.488. The quantitative estimate of drug-likeness (QED) is 0.470. The minimum Gasteiger partial charge on any atom is -0.465 e. The molecule has 1 aliphatic heterocycles. The molecule has 0 radical (unpaired) electrons. The Morgan fingerprint density at radius 1 is 1.55 bits per heavy atom. The number of hydrogen-bond donors (Lipinski definition) is 0. The molecule has 0 spiro atoms. The molecule has 0 amide bonds. The maximum atomic E-state index is 11.7. The molecule has 1 aromatic rings. The van der Waals surface area contributed by atoms with Gasteiger partial charge in [0.1, 0.15) is 5.69 Å². The van der Waals surface area contributed by atoms with Gasteiger partial charge < -0.3 is 14.5 Å². The molecule has 1 fully saturated rings. The van der Waals surface area contributed by atoms with Crippen LogP contribution in [0.2, 0.25) is 0 Å². The van der Waals surface area contributed by atoms with Gasteiger partial charge in [-0.1, -0.05) is 6.92 Å². The zero-order valence-corrected chi connectivity index (χ0v) is 13.1. The molecule has 0 bridgehead atoms. The van der Waals surface area contributed by atoms with Crippen LogP contribution in [0, 0.1) is 10.1 Å². The molecule has 0 saturated carbocycles. The molecule has 1 heterocycles. The van der Waals surface area contributed by atoms with Crippen molar-refractivity contribution in [1.82, 2.24) is 4.90 Å². The van der Waals surface area contributed by atoms with E-state index in [9.17, 15) is 14.9 Å². The van der Waals surface area contributed by atoms with Gasteiger partial charge in [-0.3, -0.25) is 10.1 Å². The average molecular weight is 307 g/mol. The lowest BCUT2D eigenvalue weighted by atomic mass is 10.1. The van der Waals surface area contributed by atoms with Crippen molar-refractivity contribution in [3.63, 3.8) is 0 Å². The molecule has 2 rings (SSSR count). The number of nitro benzene ring substituents is 1. The Morgan fingerprint density at radius 2 is 2.27 bits per heavy atom. The fraction of sp³-hybridized carbons (Fsp3) is 0.533. The lowest BCUT2D eigenvalue weighted by molar-refractivity contribution is -0.384. The maximum absolute atomic E-state index is 11.7. The van der Waals surface area contributed by atoms with Gasteiger partial charge in [0.05, 0.1) is 17.6 Å². The number of carbonyl (C=O) groups excluding carboxylic acids is 1. The third-order valence-corrected chi connectivity index (χ3v) is 4.22. The highest BCUT2D eigenvalue weighted by Crippen LogP contribution is 2.32. The molecule has 120 valence electrons. The molecule has 1 atom stereocenters. The number of esters is 1. The number of benzene rings is 1. The number of nitrogens with zero attached hydrogens (tertiary/aromatic N) is 3. The summed E-state index contributed by atoms with van der Waals surface area (Å²) in [5, 5.41) is 11.3. The van der Waals surface area contributed by atoms with Gasteiger partial charge in [-0.2, -0.15) is 0 Å². The summed E-state index contributed by atoms with van der Waals surface area (Å²) in [6.07, 6.45) is 0.948. The van der Waals surface area contributed by atoms with Gasteiger partial charge in [0.25, 0.3) is 5.69 Å². The van der Waals surface area contributed by atoms with Crippen molar-refractivity contribution in [2.75, 3.05) is 38.7 Å². The second-order valence-corrected chi connectivity index (χ2v) is 5.41.